The van der Waals surface area contributed by atoms with Crippen molar-refractivity contribution in [2.24, 2.45) is 0 Å². The lowest BCUT2D eigenvalue weighted by atomic mass is 10.2. The SMILES string of the molecule is Cc1ccc(S(=O)(=O)Nc2cc(F)cc(Cl)c2O)c(C)c1. The van der Waals surface area contributed by atoms with Crippen LogP contribution in [0.3, 0.4) is 0 Å². The molecular formula is C14H13ClFNO3S. The highest BCUT2D eigenvalue weighted by Crippen LogP contribution is 2.34. The van der Waals surface area contributed by atoms with E-state index in [2.05, 4.69) is 4.72 Å². The molecule has 0 saturated heterocycles. The number of hydrogen-bond acceptors (Lipinski definition) is 3. The van der Waals surface area contributed by atoms with Gasteiger partial charge in [-0.2, -0.15) is 0 Å². The van der Waals surface area contributed by atoms with Gasteiger partial charge in [-0.3, -0.25) is 4.72 Å². The maximum Gasteiger partial charge on any atom is 0.262 e. The van der Waals surface area contributed by atoms with Crippen LogP contribution in [0.15, 0.2) is 35.2 Å². The Balaban J connectivity index is 2.47. The zero-order valence-electron chi connectivity index (χ0n) is 11.3. The Morgan fingerprint density at radius 1 is 1.19 bits per heavy atom. The molecule has 0 aliphatic heterocycles. The highest BCUT2D eigenvalue weighted by atomic mass is 35.5. The molecule has 0 aliphatic rings. The van der Waals surface area contributed by atoms with Crippen LogP contribution in [-0.4, -0.2) is 13.5 Å². The summed E-state index contributed by atoms with van der Waals surface area (Å²) >= 11 is 5.62. The largest absolute Gasteiger partial charge is 0.504 e. The van der Waals surface area contributed by atoms with Crippen LogP contribution in [0.2, 0.25) is 5.02 Å². The molecular weight excluding hydrogens is 317 g/mol. The van der Waals surface area contributed by atoms with Crippen molar-refractivity contribution in [1.29, 1.82) is 0 Å². The first-order valence-electron chi connectivity index (χ1n) is 5.99. The predicted molar refractivity (Wildman–Crippen MR) is 79.8 cm³/mol. The number of nitrogens with one attached hydrogen (secondary N) is 1. The smallest absolute Gasteiger partial charge is 0.262 e. The summed E-state index contributed by atoms with van der Waals surface area (Å²) in [6.45, 7) is 3.50. The maximum absolute atomic E-state index is 13.3. The molecule has 112 valence electrons. The van der Waals surface area contributed by atoms with Gasteiger partial charge in [0.05, 0.1) is 15.6 Å². The Morgan fingerprint density at radius 3 is 2.48 bits per heavy atom. The molecule has 2 N–H and O–H groups in total. The van der Waals surface area contributed by atoms with Crippen LogP contribution in [0.25, 0.3) is 0 Å². The number of sulfonamides is 1. The maximum atomic E-state index is 13.3. The Morgan fingerprint density at radius 2 is 1.86 bits per heavy atom. The van der Waals surface area contributed by atoms with E-state index in [-0.39, 0.29) is 15.6 Å². The molecule has 0 aromatic heterocycles. The first kappa shape index (κ1) is 15.6. The van der Waals surface area contributed by atoms with E-state index in [4.69, 9.17) is 11.6 Å². The standard InChI is InChI=1S/C14H13ClFNO3S/c1-8-3-4-13(9(2)5-8)21(19,20)17-12-7-10(16)6-11(15)14(12)18/h3-7,17-18H,1-2H3. The fourth-order valence-corrected chi connectivity index (χ4v) is 3.44. The van der Waals surface area contributed by atoms with Crippen molar-refractivity contribution in [1.82, 2.24) is 0 Å². The lowest BCUT2D eigenvalue weighted by molar-refractivity contribution is 0.476. The Labute approximate surface area is 127 Å². The number of aryl methyl sites for hydroxylation is 2. The fraction of sp³-hybridized carbons (Fsp3) is 0.143. The molecule has 0 atom stereocenters. The number of aromatic hydroxyl groups is 1. The van der Waals surface area contributed by atoms with E-state index in [1.54, 1.807) is 19.1 Å². The number of phenolic OH excluding ortho intramolecular Hbond substituents is 1. The van der Waals surface area contributed by atoms with E-state index >= 15 is 0 Å². The third kappa shape index (κ3) is 3.28. The second kappa shape index (κ2) is 5.54. The van der Waals surface area contributed by atoms with Gasteiger partial charge in [0.15, 0.2) is 5.75 Å². The van der Waals surface area contributed by atoms with Crippen LogP contribution in [0.1, 0.15) is 11.1 Å². The molecule has 2 aromatic rings. The van der Waals surface area contributed by atoms with Gasteiger partial charge in [0, 0.05) is 6.07 Å². The molecule has 0 spiro atoms. The number of phenols is 1. The van der Waals surface area contributed by atoms with Crippen molar-refractivity contribution in [2.45, 2.75) is 18.7 Å². The first-order chi connectivity index (χ1) is 9.70. The molecule has 0 radical (unpaired) electrons. The average Bonchev–Trinajstić information content (AvgIpc) is 2.34. The molecule has 0 amide bonds. The van der Waals surface area contributed by atoms with E-state index in [9.17, 15) is 17.9 Å². The lowest BCUT2D eigenvalue weighted by Gasteiger charge is -2.12. The highest BCUT2D eigenvalue weighted by Gasteiger charge is 2.20. The number of hydrogen-bond donors (Lipinski definition) is 2. The number of halogens is 2. The second-order valence-corrected chi connectivity index (χ2v) is 6.72. The van der Waals surface area contributed by atoms with Crippen molar-refractivity contribution in [3.63, 3.8) is 0 Å². The summed E-state index contributed by atoms with van der Waals surface area (Å²) in [6, 6.07) is 6.58. The second-order valence-electron chi connectivity index (χ2n) is 4.66. The van der Waals surface area contributed by atoms with Crippen molar-refractivity contribution in [3.05, 3.63) is 52.3 Å². The number of benzene rings is 2. The van der Waals surface area contributed by atoms with Crippen molar-refractivity contribution >= 4 is 27.3 Å². The van der Waals surface area contributed by atoms with Gasteiger partial charge < -0.3 is 5.11 Å². The molecule has 0 aliphatic carbocycles. The molecule has 2 rings (SSSR count). The first-order valence-corrected chi connectivity index (χ1v) is 7.85. The van der Waals surface area contributed by atoms with E-state index in [0.717, 1.165) is 17.7 Å². The van der Waals surface area contributed by atoms with Crippen molar-refractivity contribution < 1.29 is 17.9 Å². The molecule has 0 fully saturated rings. The third-order valence-corrected chi connectivity index (χ3v) is 4.71. The average molecular weight is 330 g/mol. The quantitative estimate of drug-likeness (QED) is 0.845. The molecule has 4 nitrogen and oxygen atoms in total. The topological polar surface area (TPSA) is 66.4 Å². The molecule has 2 aromatic carbocycles. The van der Waals surface area contributed by atoms with E-state index in [1.807, 2.05) is 6.92 Å². The summed E-state index contributed by atoms with van der Waals surface area (Å²) in [4.78, 5) is 0.0490. The van der Waals surface area contributed by atoms with Gasteiger partial charge in [0.2, 0.25) is 0 Å². The van der Waals surface area contributed by atoms with Crippen LogP contribution < -0.4 is 4.72 Å². The minimum Gasteiger partial charge on any atom is -0.504 e. The van der Waals surface area contributed by atoms with E-state index in [0.29, 0.717) is 5.56 Å². The zero-order valence-corrected chi connectivity index (χ0v) is 12.9. The Hall–Kier alpha value is -1.79. The van der Waals surface area contributed by atoms with Crippen molar-refractivity contribution in [2.75, 3.05) is 4.72 Å². The number of rotatable bonds is 3. The minimum atomic E-state index is -3.95. The molecule has 0 unspecified atom stereocenters. The van der Waals surface area contributed by atoms with Crippen LogP contribution in [0, 0.1) is 19.7 Å². The van der Waals surface area contributed by atoms with Gasteiger partial charge >= 0.3 is 0 Å². The molecule has 0 saturated carbocycles. The van der Waals surface area contributed by atoms with Gasteiger partial charge in [-0.15, -0.1) is 0 Å². The Bertz CT molecular complexity index is 806. The van der Waals surface area contributed by atoms with Crippen LogP contribution in [-0.2, 0) is 10.0 Å². The Kier molecular flexibility index (Phi) is 4.11. The highest BCUT2D eigenvalue weighted by molar-refractivity contribution is 7.92. The van der Waals surface area contributed by atoms with Gasteiger partial charge in [-0.05, 0) is 31.5 Å². The van der Waals surface area contributed by atoms with Gasteiger partial charge in [-0.25, -0.2) is 12.8 Å². The van der Waals surface area contributed by atoms with Gasteiger partial charge in [0.1, 0.15) is 5.82 Å². The molecule has 21 heavy (non-hydrogen) atoms. The van der Waals surface area contributed by atoms with Crippen LogP contribution >= 0.6 is 11.6 Å². The monoisotopic (exact) mass is 329 g/mol. The lowest BCUT2D eigenvalue weighted by Crippen LogP contribution is -2.14. The summed E-state index contributed by atoms with van der Waals surface area (Å²) in [5.41, 5.74) is 1.16. The summed E-state index contributed by atoms with van der Waals surface area (Å²) in [7, 11) is -3.95. The van der Waals surface area contributed by atoms with E-state index < -0.39 is 21.6 Å². The summed E-state index contributed by atoms with van der Waals surface area (Å²) in [5, 5.41) is 9.45. The number of anilines is 1. The molecule has 7 heteroatoms. The molecule has 0 bridgehead atoms. The minimum absolute atomic E-state index is 0.0490. The molecule has 0 heterocycles. The summed E-state index contributed by atoms with van der Waals surface area (Å²) in [5.74, 6) is -1.28. The zero-order chi connectivity index (χ0) is 15.8. The van der Waals surface area contributed by atoms with Crippen molar-refractivity contribution in [3.8, 4) is 5.75 Å². The predicted octanol–water partition coefficient (Wildman–Crippen LogP) is 3.60. The summed E-state index contributed by atoms with van der Waals surface area (Å²) < 4.78 is 40.1. The normalized spacial score (nSPS) is 11.4. The van der Waals surface area contributed by atoms with Crippen LogP contribution in [0.4, 0.5) is 10.1 Å². The third-order valence-electron chi connectivity index (χ3n) is 2.89. The summed E-state index contributed by atoms with van der Waals surface area (Å²) in [6.07, 6.45) is 0. The fourth-order valence-electron chi connectivity index (χ4n) is 1.94. The van der Waals surface area contributed by atoms with E-state index in [1.165, 1.54) is 6.07 Å². The van der Waals surface area contributed by atoms with Crippen LogP contribution in [0.5, 0.6) is 5.75 Å². The van der Waals surface area contributed by atoms with Gasteiger partial charge in [-0.1, -0.05) is 29.3 Å². The van der Waals surface area contributed by atoms with Gasteiger partial charge in [0.25, 0.3) is 10.0 Å².